The molecule has 1 amide bonds. The second-order valence-corrected chi connectivity index (χ2v) is 10.2. The minimum atomic E-state index is -1.09. The number of methoxy groups -OCH3 is 1. The van der Waals surface area contributed by atoms with Gasteiger partial charge in [0.05, 0.1) is 40.6 Å². The number of aryl methyl sites for hydroxylation is 3. The highest BCUT2D eigenvalue weighted by Gasteiger charge is 2.49. The number of hydrogen-bond donors (Lipinski definition) is 1. The Balaban J connectivity index is 1.75. The third-order valence-electron chi connectivity index (χ3n) is 6.71. The highest BCUT2D eigenvalue weighted by molar-refractivity contribution is 7.18. The first kappa shape index (κ1) is 26.0. The summed E-state index contributed by atoms with van der Waals surface area (Å²) in [4.78, 5) is 61.7. The van der Waals surface area contributed by atoms with Crippen molar-refractivity contribution in [2.24, 2.45) is 0 Å². The van der Waals surface area contributed by atoms with Crippen molar-refractivity contribution in [1.82, 2.24) is 14.4 Å². The van der Waals surface area contributed by atoms with Crippen molar-refractivity contribution in [1.29, 1.82) is 0 Å². The molecule has 1 fully saturated rings. The van der Waals surface area contributed by atoms with Crippen LogP contribution in [0.1, 0.15) is 61.2 Å². The summed E-state index contributed by atoms with van der Waals surface area (Å²) in [7, 11) is 1.27. The first-order valence-corrected chi connectivity index (χ1v) is 12.8. The number of aliphatic hydroxyl groups excluding tert-OH is 1. The summed E-state index contributed by atoms with van der Waals surface area (Å²) in [5.74, 6) is -3.02. The number of pyridine rings is 1. The van der Waals surface area contributed by atoms with Gasteiger partial charge < -0.3 is 14.2 Å². The van der Waals surface area contributed by atoms with Crippen LogP contribution in [0.15, 0.2) is 48.2 Å². The molecule has 5 rings (SSSR count). The molecule has 198 valence electrons. The maximum absolute atomic E-state index is 13.5. The van der Waals surface area contributed by atoms with Gasteiger partial charge in [0.15, 0.2) is 16.7 Å². The van der Waals surface area contributed by atoms with Gasteiger partial charge in [-0.25, -0.2) is 14.8 Å². The summed E-state index contributed by atoms with van der Waals surface area (Å²) < 4.78 is 6.57. The molecule has 1 unspecified atom stereocenters. The third-order valence-corrected chi connectivity index (χ3v) is 7.97. The number of aromatic nitrogens is 3. The molecule has 0 bridgehead atoms. The number of thiazole rings is 1. The van der Waals surface area contributed by atoms with Gasteiger partial charge in [-0.05, 0) is 50.1 Å². The van der Waals surface area contributed by atoms with Gasteiger partial charge in [-0.15, -0.1) is 0 Å². The first-order chi connectivity index (χ1) is 18.5. The summed E-state index contributed by atoms with van der Waals surface area (Å²) in [5, 5.41) is 11.7. The number of nitrogens with zero attached hydrogens (tertiary/aromatic N) is 4. The molecule has 10 nitrogen and oxygen atoms in total. The second kappa shape index (κ2) is 9.59. The number of esters is 1. The Morgan fingerprint density at radius 2 is 1.74 bits per heavy atom. The number of benzene rings is 1. The lowest BCUT2D eigenvalue weighted by atomic mass is 9.95. The molecule has 0 saturated carbocycles. The van der Waals surface area contributed by atoms with E-state index in [0.29, 0.717) is 27.5 Å². The van der Waals surface area contributed by atoms with Crippen molar-refractivity contribution in [3.8, 4) is 0 Å². The van der Waals surface area contributed by atoms with E-state index in [1.54, 1.807) is 36.6 Å². The van der Waals surface area contributed by atoms with Crippen LogP contribution >= 0.6 is 11.3 Å². The second-order valence-electron chi connectivity index (χ2n) is 9.18. The van der Waals surface area contributed by atoms with E-state index in [-0.39, 0.29) is 27.7 Å². The Morgan fingerprint density at radius 1 is 1.05 bits per heavy atom. The molecular formula is C28H24N4O6S. The van der Waals surface area contributed by atoms with Crippen LogP contribution in [0.2, 0.25) is 0 Å². The average molecular weight is 545 g/mol. The Morgan fingerprint density at radius 3 is 2.33 bits per heavy atom. The van der Waals surface area contributed by atoms with Gasteiger partial charge in [0.25, 0.3) is 5.78 Å². The standard InChI is InChI=1S/C28H24N4O6S/c1-13-7-6-12-31-15(3)20(30-25(13)31)22(34)19-21(17-8-10-18(11-9-17)27(37)38-5)32(26(36)23(19)35)28-29-14(2)24(39-28)16(4)33/h6-12,21,34H,1-5H3. The quantitative estimate of drug-likeness (QED) is 0.129. The smallest absolute Gasteiger partial charge is 0.337 e. The molecule has 4 aromatic rings. The number of anilines is 1. The fourth-order valence-electron chi connectivity index (χ4n) is 4.75. The van der Waals surface area contributed by atoms with Gasteiger partial charge >= 0.3 is 11.9 Å². The number of rotatable bonds is 5. The molecule has 3 aromatic heterocycles. The Bertz CT molecular complexity index is 1730. The predicted molar refractivity (Wildman–Crippen MR) is 144 cm³/mol. The number of aliphatic hydroxyl groups is 1. The summed E-state index contributed by atoms with van der Waals surface area (Å²) >= 11 is 0.993. The fourth-order valence-corrected chi connectivity index (χ4v) is 5.74. The van der Waals surface area contributed by atoms with Gasteiger partial charge in [0.1, 0.15) is 11.3 Å². The molecule has 4 heterocycles. The topological polar surface area (TPSA) is 131 Å². The molecule has 1 aromatic carbocycles. The van der Waals surface area contributed by atoms with Crippen LogP contribution in [0.25, 0.3) is 11.4 Å². The van der Waals surface area contributed by atoms with Gasteiger partial charge in [0, 0.05) is 13.1 Å². The van der Waals surface area contributed by atoms with Crippen LogP contribution in [0.4, 0.5) is 5.13 Å². The van der Waals surface area contributed by atoms with Gasteiger partial charge in [-0.1, -0.05) is 29.5 Å². The Hall–Kier alpha value is -4.64. The molecule has 1 aliphatic heterocycles. The van der Waals surface area contributed by atoms with Gasteiger partial charge in [-0.2, -0.15) is 0 Å². The van der Waals surface area contributed by atoms with Crippen molar-refractivity contribution < 1.29 is 29.0 Å². The fraction of sp³-hybridized carbons (Fsp3) is 0.214. The molecule has 0 spiro atoms. The van der Waals surface area contributed by atoms with Crippen molar-refractivity contribution >= 4 is 51.3 Å². The number of fused-ring (bicyclic) bond motifs is 1. The summed E-state index contributed by atoms with van der Waals surface area (Å²) in [6.45, 7) is 6.68. The van der Waals surface area contributed by atoms with E-state index in [1.807, 2.05) is 19.1 Å². The highest BCUT2D eigenvalue weighted by Crippen LogP contribution is 2.44. The van der Waals surface area contributed by atoms with E-state index in [4.69, 9.17) is 4.74 Å². The largest absolute Gasteiger partial charge is 0.505 e. The van der Waals surface area contributed by atoms with E-state index < -0.39 is 29.5 Å². The predicted octanol–water partition coefficient (Wildman–Crippen LogP) is 4.33. The molecule has 1 aliphatic rings. The van der Waals surface area contributed by atoms with Crippen molar-refractivity contribution in [3.05, 3.63) is 86.8 Å². The van der Waals surface area contributed by atoms with Crippen molar-refractivity contribution in [2.45, 2.75) is 33.7 Å². The monoisotopic (exact) mass is 544 g/mol. The normalized spacial score (nSPS) is 16.7. The van der Waals surface area contributed by atoms with Gasteiger partial charge in [0.2, 0.25) is 0 Å². The number of ether oxygens (including phenoxy) is 1. The zero-order valence-corrected chi connectivity index (χ0v) is 22.6. The average Bonchev–Trinajstić information content (AvgIpc) is 3.55. The Kier molecular flexibility index (Phi) is 6.39. The molecule has 1 N–H and O–H groups in total. The lowest BCUT2D eigenvalue weighted by Gasteiger charge is -2.23. The molecule has 39 heavy (non-hydrogen) atoms. The molecule has 0 aliphatic carbocycles. The maximum atomic E-state index is 13.5. The molecule has 11 heteroatoms. The number of imidazole rings is 1. The number of carbonyl (C=O) groups is 4. The van der Waals surface area contributed by atoms with Crippen LogP contribution in [-0.4, -0.2) is 50.0 Å². The van der Waals surface area contributed by atoms with E-state index in [2.05, 4.69) is 9.97 Å². The molecular weight excluding hydrogens is 520 g/mol. The number of hydrogen-bond acceptors (Lipinski definition) is 9. The highest BCUT2D eigenvalue weighted by atomic mass is 32.1. The van der Waals surface area contributed by atoms with Crippen LogP contribution in [-0.2, 0) is 14.3 Å². The third kappa shape index (κ3) is 4.11. The Labute approximate surface area is 227 Å². The van der Waals surface area contributed by atoms with E-state index >= 15 is 0 Å². The zero-order chi connectivity index (χ0) is 28.2. The summed E-state index contributed by atoms with van der Waals surface area (Å²) in [6.07, 6.45) is 1.80. The van der Waals surface area contributed by atoms with Crippen LogP contribution in [0.3, 0.4) is 0 Å². The molecule has 0 radical (unpaired) electrons. The minimum absolute atomic E-state index is 0.142. The summed E-state index contributed by atoms with van der Waals surface area (Å²) in [5.41, 5.74) is 3.19. The van der Waals surface area contributed by atoms with Crippen LogP contribution in [0, 0.1) is 20.8 Å². The number of Topliss-reactive ketones (excluding diaryl/α,β-unsaturated/α-hetero) is 2. The minimum Gasteiger partial charge on any atom is -0.505 e. The number of carbonyl (C=O) groups excluding carboxylic acids is 4. The SMILES string of the molecule is COC(=O)c1ccc(C2C(=C(O)c3nc4c(C)cccn4c3C)C(=O)C(=O)N2c2nc(C)c(C(C)=O)s2)cc1. The zero-order valence-electron chi connectivity index (χ0n) is 21.8. The summed E-state index contributed by atoms with van der Waals surface area (Å²) in [6, 6.07) is 8.81. The first-order valence-electron chi connectivity index (χ1n) is 12.0. The lowest BCUT2D eigenvalue weighted by Crippen LogP contribution is -2.29. The van der Waals surface area contributed by atoms with E-state index in [9.17, 15) is 24.3 Å². The maximum Gasteiger partial charge on any atom is 0.337 e. The number of ketones is 2. The van der Waals surface area contributed by atoms with E-state index in [0.717, 1.165) is 16.9 Å². The molecule has 1 saturated heterocycles. The lowest BCUT2D eigenvalue weighted by molar-refractivity contribution is -0.132. The molecule has 1 atom stereocenters. The van der Waals surface area contributed by atoms with Crippen LogP contribution < -0.4 is 4.90 Å². The number of amides is 1. The van der Waals surface area contributed by atoms with E-state index in [1.165, 1.54) is 31.1 Å². The van der Waals surface area contributed by atoms with Crippen molar-refractivity contribution in [3.63, 3.8) is 0 Å². The van der Waals surface area contributed by atoms with Crippen molar-refractivity contribution in [2.75, 3.05) is 12.0 Å². The van der Waals surface area contributed by atoms with Crippen LogP contribution in [0.5, 0.6) is 0 Å². The van der Waals surface area contributed by atoms with Gasteiger partial charge in [-0.3, -0.25) is 19.3 Å².